The number of fused-ring (bicyclic) bond motifs is 1. The van der Waals surface area contributed by atoms with Crippen molar-refractivity contribution in [3.8, 4) is 0 Å². The molecule has 10 nitrogen and oxygen atoms in total. The van der Waals surface area contributed by atoms with E-state index in [4.69, 9.17) is 18.8 Å². The van der Waals surface area contributed by atoms with Crippen molar-refractivity contribution in [3.63, 3.8) is 0 Å². The van der Waals surface area contributed by atoms with E-state index in [1.807, 2.05) is 17.9 Å². The van der Waals surface area contributed by atoms with Gasteiger partial charge in [0.2, 0.25) is 0 Å². The first kappa shape index (κ1) is 28.6. The minimum absolute atomic E-state index is 0.0127. The number of thiazole rings is 1. The molecule has 1 aromatic heterocycles. The average molecular weight is 603 g/mol. The molecule has 1 fully saturated rings. The lowest BCUT2D eigenvalue weighted by Crippen LogP contribution is -2.36. The number of benzene rings is 1. The van der Waals surface area contributed by atoms with Crippen molar-refractivity contribution in [2.24, 2.45) is 0 Å². The number of amides is 1. The average Bonchev–Trinajstić information content (AvgIpc) is 3.50. The van der Waals surface area contributed by atoms with Crippen LogP contribution >= 0.6 is 47.1 Å². The molecule has 0 aliphatic carbocycles. The molecule has 0 bridgehead atoms. The molecule has 4 rings (SSSR count). The molecule has 1 aromatic carbocycles. The predicted octanol–water partition coefficient (Wildman–Crippen LogP) is 3.02. The summed E-state index contributed by atoms with van der Waals surface area (Å²) in [5.41, 5.74) is 1.13. The van der Waals surface area contributed by atoms with Crippen LogP contribution in [0.5, 0.6) is 0 Å². The van der Waals surface area contributed by atoms with Crippen LogP contribution in [0, 0.1) is 6.57 Å². The monoisotopic (exact) mass is 602 g/mol. The van der Waals surface area contributed by atoms with Gasteiger partial charge in [-0.2, -0.15) is 0 Å². The summed E-state index contributed by atoms with van der Waals surface area (Å²) < 4.78 is 1.70. The third-order valence-corrected chi connectivity index (χ3v) is 9.83. The number of carboxylic acid groups (broad SMARTS) is 2. The first-order valence-electron chi connectivity index (χ1n) is 11.7. The molecular weight excluding hydrogens is 581 g/mol. The molecule has 0 unspecified atom stereocenters. The fourth-order valence-corrected chi connectivity index (χ4v) is 7.99. The largest absolute Gasteiger partial charge is 0.481 e. The summed E-state index contributed by atoms with van der Waals surface area (Å²) in [6.07, 6.45) is 1.50. The fraction of sp³-hybridized carbons (Fsp3) is 0.280. The number of thioether (sulfide) groups is 2. The third kappa shape index (κ3) is 5.67. The maximum Gasteiger partial charge on any atom is 0.323 e. The van der Waals surface area contributed by atoms with Gasteiger partial charge >= 0.3 is 11.9 Å². The second-order valence-corrected chi connectivity index (χ2v) is 12.0. The number of hydrogen-bond acceptors (Lipinski definition) is 9. The van der Waals surface area contributed by atoms with Gasteiger partial charge in [-0.25, -0.2) is 4.85 Å². The number of anilines is 1. The van der Waals surface area contributed by atoms with Gasteiger partial charge in [-0.1, -0.05) is 47.9 Å². The Morgan fingerprint density at radius 3 is 2.38 bits per heavy atom. The molecular formula is C25H22N4O6S4. The van der Waals surface area contributed by atoms with E-state index in [2.05, 4.69) is 4.85 Å². The Morgan fingerprint density at radius 1 is 1.08 bits per heavy atom. The zero-order valence-electron chi connectivity index (χ0n) is 20.8. The maximum absolute atomic E-state index is 13.6. The summed E-state index contributed by atoms with van der Waals surface area (Å²) in [5.74, 6) is -2.71. The van der Waals surface area contributed by atoms with Crippen molar-refractivity contribution in [3.05, 3.63) is 60.3 Å². The van der Waals surface area contributed by atoms with Crippen molar-refractivity contribution in [1.29, 1.82) is 0 Å². The highest BCUT2D eigenvalue weighted by Gasteiger charge is 2.33. The van der Waals surface area contributed by atoms with Crippen LogP contribution in [0.25, 0.3) is 15.3 Å². The Morgan fingerprint density at radius 2 is 1.79 bits per heavy atom. The summed E-state index contributed by atoms with van der Waals surface area (Å²) >= 11 is 8.71. The van der Waals surface area contributed by atoms with Gasteiger partial charge in [-0.05, 0) is 38.0 Å². The minimum Gasteiger partial charge on any atom is -0.481 e. The lowest BCUT2D eigenvalue weighted by molar-refractivity contribution is -0.138. The van der Waals surface area contributed by atoms with E-state index in [9.17, 15) is 29.4 Å². The molecule has 0 saturated carbocycles. The standard InChI is InChI=1S/C25H22N4O6S4/c1-4-27-15-11-14(26-3)7-8-16(15)37-17(27)10-13(6-9-18(30)31)20-22(34)29(12-19(32)33)24(38-20)21-23(35)28(5-2)25(36)39-21/h7-8,10-11H,4-6,9,12H2,1-2H3,(H,30,31)(H,32,33). The molecule has 2 aliphatic rings. The molecule has 0 atom stereocenters. The van der Waals surface area contributed by atoms with E-state index in [-0.39, 0.29) is 26.9 Å². The van der Waals surface area contributed by atoms with Gasteiger partial charge in [0.1, 0.15) is 20.4 Å². The molecule has 2 aliphatic heterocycles. The van der Waals surface area contributed by atoms with Crippen LogP contribution in [0.2, 0.25) is 0 Å². The number of aliphatic carboxylic acids is 2. The van der Waals surface area contributed by atoms with Gasteiger partial charge in [0.15, 0.2) is 5.69 Å². The van der Waals surface area contributed by atoms with Gasteiger partial charge in [0.25, 0.3) is 11.5 Å². The van der Waals surface area contributed by atoms with E-state index in [0.717, 1.165) is 43.3 Å². The molecule has 1 saturated heterocycles. The van der Waals surface area contributed by atoms with E-state index in [1.165, 1.54) is 16.7 Å². The molecule has 2 N–H and O–H groups in total. The number of nitrogens with zero attached hydrogens (tertiary/aromatic N) is 4. The van der Waals surface area contributed by atoms with E-state index >= 15 is 0 Å². The Bertz CT molecular complexity index is 1670. The Balaban J connectivity index is 1.98. The van der Waals surface area contributed by atoms with E-state index in [0.29, 0.717) is 28.7 Å². The molecule has 2 aromatic rings. The first-order valence-corrected chi connectivity index (χ1v) is 14.6. The molecule has 202 valence electrons. The molecule has 0 spiro atoms. The van der Waals surface area contributed by atoms with E-state index < -0.39 is 29.9 Å². The Labute approximate surface area is 240 Å². The summed E-state index contributed by atoms with van der Waals surface area (Å²) in [5, 5.41) is 19.7. The lowest BCUT2D eigenvalue weighted by Gasteiger charge is -2.18. The van der Waals surface area contributed by atoms with Crippen LogP contribution < -0.4 is 19.7 Å². The van der Waals surface area contributed by atoms with Crippen molar-refractivity contribution < 1.29 is 24.6 Å². The molecule has 14 heteroatoms. The number of thiocarbonyl (C=S) groups is 1. The molecule has 1 amide bonds. The number of rotatable bonds is 8. The van der Waals surface area contributed by atoms with Crippen LogP contribution in [0.1, 0.15) is 26.7 Å². The highest BCUT2D eigenvalue weighted by atomic mass is 32.2. The number of carbonyl (C=O) groups is 3. The SMILES string of the molecule is [C-]#[N+]c1ccc2c(c1)N(CC)C(=CC(CCC(=O)O)=c1sc(=C3SC(=S)N(CC)C3=O)n(CC(=O)O)c1=O)S2. The van der Waals surface area contributed by atoms with Crippen molar-refractivity contribution >= 4 is 91.1 Å². The number of aromatic nitrogens is 1. The molecule has 0 radical (unpaired) electrons. The van der Waals surface area contributed by atoms with Gasteiger partial charge in [0, 0.05) is 30.1 Å². The predicted molar refractivity (Wildman–Crippen MR) is 156 cm³/mol. The second-order valence-electron chi connectivity index (χ2n) is 8.28. The number of hydrogen-bond donors (Lipinski definition) is 2. The van der Waals surface area contributed by atoms with Crippen LogP contribution in [-0.4, -0.2) is 54.9 Å². The third-order valence-electron chi connectivity index (χ3n) is 5.89. The summed E-state index contributed by atoms with van der Waals surface area (Å²) in [6.45, 7) is 11.3. The normalized spacial score (nSPS) is 18.0. The Hall–Kier alpha value is -3.38. The topological polar surface area (TPSA) is 125 Å². The van der Waals surface area contributed by atoms with Crippen molar-refractivity contribution in [2.75, 3.05) is 18.0 Å². The van der Waals surface area contributed by atoms with Crippen molar-refractivity contribution in [2.45, 2.75) is 38.1 Å². The van der Waals surface area contributed by atoms with Gasteiger partial charge in [-0.3, -0.25) is 28.6 Å². The zero-order chi connectivity index (χ0) is 28.4. The minimum atomic E-state index is -1.26. The summed E-state index contributed by atoms with van der Waals surface area (Å²) in [7, 11) is 0. The Kier molecular flexibility index (Phi) is 8.65. The maximum atomic E-state index is 13.6. The lowest BCUT2D eigenvalue weighted by atomic mass is 10.1. The highest BCUT2D eigenvalue weighted by molar-refractivity contribution is 8.30. The van der Waals surface area contributed by atoms with Gasteiger partial charge in [-0.15, -0.1) is 11.3 Å². The van der Waals surface area contributed by atoms with Crippen LogP contribution in [0.15, 0.2) is 39.0 Å². The van der Waals surface area contributed by atoms with Crippen LogP contribution in [-0.2, 0) is 20.9 Å². The summed E-state index contributed by atoms with van der Waals surface area (Å²) in [6, 6.07) is 5.35. The van der Waals surface area contributed by atoms with Gasteiger partial charge in [0.05, 0.1) is 16.1 Å². The number of allylic oxidation sites excluding steroid dienone is 1. The zero-order valence-corrected chi connectivity index (χ0v) is 24.1. The van der Waals surface area contributed by atoms with E-state index in [1.54, 1.807) is 25.1 Å². The van der Waals surface area contributed by atoms with Crippen LogP contribution in [0.4, 0.5) is 11.4 Å². The highest BCUT2D eigenvalue weighted by Crippen LogP contribution is 2.47. The molecule has 39 heavy (non-hydrogen) atoms. The molecule has 3 heterocycles. The first-order chi connectivity index (χ1) is 18.6. The summed E-state index contributed by atoms with van der Waals surface area (Å²) in [4.78, 5) is 57.7. The number of carboxylic acids is 2. The quantitative estimate of drug-likeness (QED) is 0.344. The second kappa shape index (κ2) is 11.8. The fourth-order valence-electron chi connectivity index (χ4n) is 4.09. The van der Waals surface area contributed by atoms with Crippen LogP contribution in [0.3, 0.4) is 0 Å². The van der Waals surface area contributed by atoms with Gasteiger partial charge < -0.3 is 15.1 Å². The van der Waals surface area contributed by atoms with Crippen molar-refractivity contribution in [1.82, 2.24) is 9.47 Å². The smallest absolute Gasteiger partial charge is 0.323 e. The number of carbonyl (C=O) groups excluding carboxylic acids is 1.